The van der Waals surface area contributed by atoms with E-state index in [-0.39, 0.29) is 0 Å². The van der Waals surface area contributed by atoms with Gasteiger partial charge in [-0.3, -0.25) is 0 Å². The first-order valence-electron chi connectivity index (χ1n) is 6.46. The van der Waals surface area contributed by atoms with Crippen molar-refractivity contribution in [2.75, 3.05) is 13.1 Å². The fourth-order valence-electron chi connectivity index (χ4n) is 2.70. The van der Waals surface area contributed by atoms with E-state index in [4.69, 9.17) is 0 Å². The number of hydrogen-bond acceptors (Lipinski definition) is 2. The summed E-state index contributed by atoms with van der Waals surface area (Å²) in [6, 6.07) is 8.03. The summed E-state index contributed by atoms with van der Waals surface area (Å²) in [5.41, 5.74) is 2.30. The molecule has 1 heterocycles. The van der Waals surface area contributed by atoms with Gasteiger partial charge in [-0.25, -0.2) is 8.42 Å². The van der Waals surface area contributed by atoms with E-state index in [9.17, 15) is 8.42 Å². The Labute approximate surface area is 108 Å². The van der Waals surface area contributed by atoms with Crippen molar-refractivity contribution >= 4 is 16.1 Å². The fraction of sp³-hybridized carbons (Fsp3) is 0.429. The zero-order valence-corrected chi connectivity index (χ0v) is 11.1. The molecule has 0 aromatic heterocycles. The molecular weight excluding hydrogens is 246 g/mol. The number of benzene rings is 1. The maximum Gasteiger partial charge on any atom is 0.239 e. The van der Waals surface area contributed by atoms with Gasteiger partial charge in [-0.1, -0.05) is 24.3 Å². The fourth-order valence-corrected chi connectivity index (χ4v) is 4.41. The quantitative estimate of drug-likeness (QED) is 0.821. The lowest BCUT2D eigenvalue weighted by molar-refractivity contribution is 0.482. The van der Waals surface area contributed by atoms with Gasteiger partial charge >= 0.3 is 0 Å². The summed E-state index contributed by atoms with van der Waals surface area (Å²) in [6.07, 6.45) is 5.30. The van der Waals surface area contributed by atoms with Crippen LogP contribution in [-0.2, 0) is 16.4 Å². The third kappa shape index (κ3) is 1.99. The van der Waals surface area contributed by atoms with Crippen molar-refractivity contribution in [2.45, 2.75) is 25.7 Å². The van der Waals surface area contributed by atoms with Crippen molar-refractivity contribution < 1.29 is 8.42 Å². The number of hydrogen-bond donors (Lipinski definition) is 0. The van der Waals surface area contributed by atoms with E-state index < -0.39 is 10.0 Å². The molecule has 0 atom stereocenters. The van der Waals surface area contributed by atoms with Crippen molar-refractivity contribution in [3.63, 3.8) is 0 Å². The molecule has 1 aromatic rings. The third-order valence-corrected chi connectivity index (χ3v) is 5.78. The monoisotopic (exact) mass is 263 g/mol. The summed E-state index contributed by atoms with van der Waals surface area (Å²) in [5, 5.41) is 0. The number of allylic oxidation sites excluding steroid dienone is 1. The molecule has 3 rings (SSSR count). The first kappa shape index (κ1) is 11.9. The van der Waals surface area contributed by atoms with Gasteiger partial charge in [0.1, 0.15) is 0 Å². The summed E-state index contributed by atoms with van der Waals surface area (Å²) in [7, 11) is -3.21. The van der Waals surface area contributed by atoms with E-state index in [0.29, 0.717) is 24.4 Å². The summed E-state index contributed by atoms with van der Waals surface area (Å²) in [6.45, 7) is 1.36. The molecule has 18 heavy (non-hydrogen) atoms. The second-order valence-electron chi connectivity index (χ2n) is 4.92. The highest BCUT2D eigenvalue weighted by Gasteiger charge is 2.30. The molecule has 1 aliphatic heterocycles. The second kappa shape index (κ2) is 4.52. The molecule has 1 aromatic carbocycles. The lowest BCUT2D eigenvalue weighted by atomic mass is 9.98. The summed E-state index contributed by atoms with van der Waals surface area (Å²) in [5.74, 6) is 0. The van der Waals surface area contributed by atoms with Crippen LogP contribution in [0.2, 0.25) is 0 Å². The van der Waals surface area contributed by atoms with Gasteiger partial charge in [-0.05, 0) is 42.9 Å². The first-order valence-corrected chi connectivity index (χ1v) is 7.90. The van der Waals surface area contributed by atoms with Crippen molar-refractivity contribution in [3.8, 4) is 0 Å². The van der Waals surface area contributed by atoms with Crippen LogP contribution in [0.4, 0.5) is 0 Å². The minimum atomic E-state index is -3.21. The molecule has 1 saturated heterocycles. The smallest absolute Gasteiger partial charge is 0.207 e. The number of aryl methyl sites for hydroxylation is 1. The van der Waals surface area contributed by atoms with E-state index in [1.165, 1.54) is 5.56 Å². The van der Waals surface area contributed by atoms with Crippen LogP contribution in [-0.4, -0.2) is 25.8 Å². The third-order valence-electron chi connectivity index (χ3n) is 3.75. The molecule has 0 saturated carbocycles. The molecule has 0 N–H and O–H groups in total. The van der Waals surface area contributed by atoms with Crippen LogP contribution in [0, 0.1) is 0 Å². The minimum absolute atomic E-state index is 0.586. The molecule has 4 heteroatoms. The van der Waals surface area contributed by atoms with E-state index in [2.05, 4.69) is 6.07 Å². The highest BCUT2D eigenvalue weighted by atomic mass is 32.2. The van der Waals surface area contributed by atoms with Gasteiger partial charge in [0.15, 0.2) is 0 Å². The number of fused-ring (bicyclic) bond motifs is 1. The van der Waals surface area contributed by atoms with Crippen molar-refractivity contribution in [1.82, 2.24) is 4.31 Å². The predicted molar refractivity (Wildman–Crippen MR) is 72.5 cm³/mol. The molecule has 2 aliphatic rings. The van der Waals surface area contributed by atoms with E-state index in [1.807, 2.05) is 24.3 Å². The predicted octanol–water partition coefficient (Wildman–Crippen LogP) is 2.40. The summed E-state index contributed by atoms with van der Waals surface area (Å²) < 4.78 is 26.5. The van der Waals surface area contributed by atoms with Gasteiger partial charge in [-0.15, -0.1) is 0 Å². The normalized spacial score (nSPS) is 20.6. The molecule has 1 fully saturated rings. The average molecular weight is 263 g/mol. The first-order chi connectivity index (χ1) is 8.68. The maximum absolute atomic E-state index is 12.5. The minimum Gasteiger partial charge on any atom is -0.207 e. The SMILES string of the molecule is O=S(=O)(C1=Cc2ccccc2CC1)N1CCCC1. The van der Waals surface area contributed by atoms with Crippen LogP contribution in [0.25, 0.3) is 6.08 Å². The topological polar surface area (TPSA) is 37.4 Å². The van der Waals surface area contributed by atoms with Crippen LogP contribution in [0.1, 0.15) is 30.4 Å². The Morgan fingerprint density at radius 1 is 1.00 bits per heavy atom. The van der Waals surface area contributed by atoms with E-state index >= 15 is 0 Å². The Kier molecular flexibility index (Phi) is 2.99. The van der Waals surface area contributed by atoms with Crippen LogP contribution < -0.4 is 0 Å². The van der Waals surface area contributed by atoms with Crippen LogP contribution in [0.3, 0.4) is 0 Å². The van der Waals surface area contributed by atoms with Crippen molar-refractivity contribution in [3.05, 3.63) is 40.3 Å². The lowest BCUT2D eigenvalue weighted by Gasteiger charge is -2.21. The molecule has 0 unspecified atom stereocenters. The number of sulfonamides is 1. The molecule has 0 radical (unpaired) electrons. The van der Waals surface area contributed by atoms with E-state index in [0.717, 1.165) is 24.8 Å². The standard InChI is InChI=1S/C14H17NO2S/c16-18(17,15-9-3-4-10-15)14-8-7-12-5-1-2-6-13(12)11-14/h1-2,5-6,11H,3-4,7-10H2. The Morgan fingerprint density at radius 2 is 1.72 bits per heavy atom. The Hall–Kier alpha value is -1.13. The van der Waals surface area contributed by atoms with Crippen LogP contribution in [0.15, 0.2) is 29.2 Å². The molecule has 0 spiro atoms. The molecule has 96 valence electrons. The molecule has 0 bridgehead atoms. The highest BCUT2D eigenvalue weighted by Crippen LogP contribution is 2.30. The number of rotatable bonds is 2. The Balaban J connectivity index is 1.97. The van der Waals surface area contributed by atoms with Crippen LogP contribution in [0.5, 0.6) is 0 Å². The van der Waals surface area contributed by atoms with Gasteiger partial charge < -0.3 is 0 Å². The van der Waals surface area contributed by atoms with Gasteiger partial charge in [-0.2, -0.15) is 4.31 Å². The van der Waals surface area contributed by atoms with Crippen molar-refractivity contribution in [2.24, 2.45) is 0 Å². The van der Waals surface area contributed by atoms with Gasteiger partial charge in [0.25, 0.3) is 0 Å². The van der Waals surface area contributed by atoms with E-state index in [1.54, 1.807) is 4.31 Å². The zero-order valence-electron chi connectivity index (χ0n) is 10.3. The Bertz CT molecular complexity index is 584. The summed E-state index contributed by atoms with van der Waals surface area (Å²) in [4.78, 5) is 0.586. The lowest BCUT2D eigenvalue weighted by Crippen LogP contribution is -2.29. The van der Waals surface area contributed by atoms with Gasteiger partial charge in [0.2, 0.25) is 10.0 Å². The molecule has 0 amide bonds. The Morgan fingerprint density at radius 3 is 2.50 bits per heavy atom. The zero-order chi connectivity index (χ0) is 12.6. The number of nitrogens with zero attached hydrogens (tertiary/aromatic N) is 1. The molecule has 1 aliphatic carbocycles. The summed E-state index contributed by atoms with van der Waals surface area (Å²) >= 11 is 0. The average Bonchev–Trinajstić information content (AvgIpc) is 2.92. The highest BCUT2D eigenvalue weighted by molar-refractivity contribution is 7.93. The van der Waals surface area contributed by atoms with Crippen LogP contribution >= 0.6 is 0 Å². The molecule has 3 nitrogen and oxygen atoms in total. The van der Waals surface area contributed by atoms with Gasteiger partial charge in [0.05, 0.1) is 4.91 Å². The van der Waals surface area contributed by atoms with Crippen molar-refractivity contribution in [1.29, 1.82) is 0 Å². The maximum atomic E-state index is 12.5. The van der Waals surface area contributed by atoms with Gasteiger partial charge in [0, 0.05) is 13.1 Å². The largest absolute Gasteiger partial charge is 0.239 e. The molecular formula is C14H17NO2S. The second-order valence-corrected chi connectivity index (χ2v) is 6.91.